The second-order valence-corrected chi connectivity index (χ2v) is 3.30. The Balaban J connectivity index is 0.000000606. The Hall–Kier alpha value is -1.58. The molecule has 0 amide bonds. The summed E-state index contributed by atoms with van der Waals surface area (Å²) in [6.07, 6.45) is 0. The molecule has 4 heteroatoms. The first-order valence-electron chi connectivity index (χ1n) is 5.15. The molecule has 1 aromatic carbocycles. The maximum absolute atomic E-state index is 13.4. The number of hydrogen-bond donors (Lipinski definition) is 1. The van der Waals surface area contributed by atoms with E-state index in [4.69, 9.17) is 5.11 Å². The number of benzene rings is 1. The second kappa shape index (κ2) is 4.51. The minimum atomic E-state index is -0.773. The standard InChI is InChI=1S/C10H9F2NO.C2H6/c1-5-3-6-9(12)8(14)4-7(11)10(6)13(5)2;1-2/h3-4,14H,1-2H3;1-2H3. The van der Waals surface area contributed by atoms with Gasteiger partial charge < -0.3 is 9.67 Å². The zero-order valence-electron chi connectivity index (χ0n) is 9.81. The Labute approximate surface area is 93.1 Å². The summed E-state index contributed by atoms with van der Waals surface area (Å²) in [7, 11) is 1.65. The van der Waals surface area contributed by atoms with Crippen LogP contribution in [0.15, 0.2) is 12.1 Å². The Kier molecular flexibility index (Phi) is 3.52. The summed E-state index contributed by atoms with van der Waals surface area (Å²) >= 11 is 0. The summed E-state index contributed by atoms with van der Waals surface area (Å²) < 4.78 is 28.2. The largest absolute Gasteiger partial charge is 0.505 e. The third-order valence-electron chi connectivity index (χ3n) is 2.42. The van der Waals surface area contributed by atoms with E-state index < -0.39 is 17.4 Å². The highest BCUT2D eigenvalue weighted by Gasteiger charge is 2.15. The van der Waals surface area contributed by atoms with Crippen LogP contribution < -0.4 is 0 Å². The topological polar surface area (TPSA) is 25.2 Å². The van der Waals surface area contributed by atoms with Crippen LogP contribution in [0.1, 0.15) is 19.5 Å². The number of fused-ring (bicyclic) bond motifs is 1. The summed E-state index contributed by atoms with van der Waals surface area (Å²) in [5.41, 5.74) is 0.918. The van der Waals surface area contributed by atoms with Gasteiger partial charge in [0.25, 0.3) is 0 Å². The predicted molar refractivity (Wildman–Crippen MR) is 60.6 cm³/mol. The van der Waals surface area contributed by atoms with Crippen molar-refractivity contribution in [1.29, 1.82) is 0 Å². The molecule has 16 heavy (non-hydrogen) atoms. The number of nitrogens with zero attached hydrogens (tertiary/aromatic N) is 1. The van der Waals surface area contributed by atoms with Crippen molar-refractivity contribution in [2.45, 2.75) is 20.8 Å². The number of aromatic nitrogens is 1. The van der Waals surface area contributed by atoms with Crippen LogP contribution in [0, 0.1) is 18.6 Å². The number of phenols is 1. The Morgan fingerprint density at radius 2 is 1.75 bits per heavy atom. The molecule has 0 aliphatic carbocycles. The minimum Gasteiger partial charge on any atom is -0.505 e. The number of phenolic OH excluding ortho intramolecular Hbond substituents is 1. The Morgan fingerprint density at radius 1 is 1.19 bits per heavy atom. The average Bonchev–Trinajstić information content (AvgIpc) is 2.56. The summed E-state index contributed by atoms with van der Waals surface area (Å²) in [6.45, 7) is 5.75. The van der Waals surface area contributed by atoms with E-state index in [9.17, 15) is 8.78 Å². The van der Waals surface area contributed by atoms with E-state index in [1.54, 1.807) is 18.5 Å². The monoisotopic (exact) mass is 227 g/mol. The van der Waals surface area contributed by atoms with Crippen molar-refractivity contribution in [3.8, 4) is 5.75 Å². The second-order valence-electron chi connectivity index (χ2n) is 3.30. The molecule has 0 unspecified atom stereocenters. The first kappa shape index (κ1) is 12.5. The van der Waals surface area contributed by atoms with Crippen molar-refractivity contribution >= 4 is 10.9 Å². The lowest BCUT2D eigenvalue weighted by molar-refractivity contribution is 0.431. The first-order valence-corrected chi connectivity index (χ1v) is 5.15. The quantitative estimate of drug-likeness (QED) is 0.732. The fraction of sp³-hybridized carbons (Fsp3) is 0.333. The van der Waals surface area contributed by atoms with Crippen molar-refractivity contribution < 1.29 is 13.9 Å². The van der Waals surface area contributed by atoms with E-state index in [2.05, 4.69) is 0 Å². The highest BCUT2D eigenvalue weighted by atomic mass is 19.1. The van der Waals surface area contributed by atoms with Crippen molar-refractivity contribution in [2.24, 2.45) is 7.05 Å². The van der Waals surface area contributed by atoms with E-state index in [1.165, 1.54) is 6.07 Å². The first-order chi connectivity index (χ1) is 7.52. The van der Waals surface area contributed by atoms with E-state index in [0.717, 1.165) is 11.8 Å². The molecule has 2 rings (SSSR count). The number of hydrogen-bond acceptors (Lipinski definition) is 1. The average molecular weight is 227 g/mol. The molecule has 1 heterocycles. The molecule has 0 atom stereocenters. The molecular weight excluding hydrogens is 212 g/mol. The smallest absolute Gasteiger partial charge is 0.174 e. The maximum atomic E-state index is 13.4. The van der Waals surface area contributed by atoms with Crippen LogP contribution in [0.5, 0.6) is 5.75 Å². The van der Waals surface area contributed by atoms with Crippen LogP contribution in [0.2, 0.25) is 0 Å². The van der Waals surface area contributed by atoms with E-state index in [-0.39, 0.29) is 10.9 Å². The van der Waals surface area contributed by atoms with E-state index in [0.29, 0.717) is 0 Å². The van der Waals surface area contributed by atoms with Gasteiger partial charge in [-0.3, -0.25) is 0 Å². The Bertz CT molecular complexity index is 517. The predicted octanol–water partition coefficient (Wildman–Crippen LogP) is 3.50. The number of rotatable bonds is 0. The zero-order chi connectivity index (χ0) is 12.5. The van der Waals surface area contributed by atoms with E-state index >= 15 is 0 Å². The lowest BCUT2D eigenvalue weighted by atomic mass is 10.2. The third kappa shape index (κ3) is 1.75. The summed E-state index contributed by atoms with van der Waals surface area (Å²) in [6, 6.07) is 2.30. The maximum Gasteiger partial charge on any atom is 0.174 e. The highest BCUT2D eigenvalue weighted by Crippen LogP contribution is 2.29. The molecule has 0 saturated carbocycles. The van der Waals surface area contributed by atoms with Crippen LogP contribution in [0.4, 0.5) is 8.78 Å². The highest BCUT2D eigenvalue weighted by molar-refractivity contribution is 5.84. The third-order valence-corrected chi connectivity index (χ3v) is 2.42. The molecule has 1 aromatic heterocycles. The summed E-state index contributed by atoms with van der Waals surface area (Å²) in [4.78, 5) is 0. The van der Waals surface area contributed by atoms with Crippen LogP contribution in [-0.4, -0.2) is 9.67 Å². The lowest BCUT2D eigenvalue weighted by Gasteiger charge is -2.02. The molecule has 0 radical (unpaired) electrons. The minimum absolute atomic E-state index is 0.113. The number of halogens is 2. The van der Waals surface area contributed by atoms with Gasteiger partial charge >= 0.3 is 0 Å². The van der Waals surface area contributed by atoms with Gasteiger partial charge in [-0.05, 0) is 13.0 Å². The van der Waals surface area contributed by atoms with Crippen LogP contribution in [0.3, 0.4) is 0 Å². The van der Waals surface area contributed by atoms with Crippen LogP contribution >= 0.6 is 0 Å². The SMILES string of the molecule is CC.Cc1cc2c(F)c(O)cc(F)c2n1C. The van der Waals surface area contributed by atoms with Gasteiger partial charge in [0.15, 0.2) is 17.4 Å². The van der Waals surface area contributed by atoms with Gasteiger partial charge in [0.05, 0.1) is 5.52 Å². The van der Waals surface area contributed by atoms with Gasteiger partial charge in [0.2, 0.25) is 0 Å². The molecule has 0 aliphatic heterocycles. The van der Waals surface area contributed by atoms with Gasteiger partial charge in [0, 0.05) is 24.2 Å². The molecule has 1 N–H and O–H groups in total. The molecule has 0 saturated heterocycles. The number of aryl methyl sites for hydroxylation is 2. The number of aromatic hydroxyl groups is 1. The van der Waals surface area contributed by atoms with Gasteiger partial charge in [-0.2, -0.15) is 0 Å². The van der Waals surface area contributed by atoms with Crippen molar-refractivity contribution in [3.05, 3.63) is 29.5 Å². The van der Waals surface area contributed by atoms with Crippen molar-refractivity contribution in [3.63, 3.8) is 0 Å². The van der Waals surface area contributed by atoms with Gasteiger partial charge in [0.1, 0.15) is 0 Å². The molecule has 0 fully saturated rings. The normalized spacial score (nSPS) is 10.1. The molecule has 2 aromatic rings. The van der Waals surface area contributed by atoms with Crippen LogP contribution in [0.25, 0.3) is 10.9 Å². The molecule has 88 valence electrons. The van der Waals surface area contributed by atoms with Gasteiger partial charge in [-0.1, -0.05) is 13.8 Å². The molecule has 0 bridgehead atoms. The lowest BCUT2D eigenvalue weighted by Crippen LogP contribution is -1.93. The summed E-state index contributed by atoms with van der Waals surface area (Å²) in [5, 5.41) is 9.19. The molecule has 0 spiro atoms. The van der Waals surface area contributed by atoms with Crippen molar-refractivity contribution in [1.82, 2.24) is 4.57 Å². The van der Waals surface area contributed by atoms with Gasteiger partial charge in [-0.15, -0.1) is 0 Å². The zero-order valence-corrected chi connectivity index (χ0v) is 9.81. The van der Waals surface area contributed by atoms with E-state index in [1.807, 2.05) is 13.8 Å². The van der Waals surface area contributed by atoms with Crippen LogP contribution in [-0.2, 0) is 7.05 Å². The fourth-order valence-electron chi connectivity index (χ4n) is 1.58. The van der Waals surface area contributed by atoms with Crippen molar-refractivity contribution in [2.75, 3.05) is 0 Å². The molecule has 0 aliphatic rings. The molecule has 2 nitrogen and oxygen atoms in total. The fourth-order valence-corrected chi connectivity index (χ4v) is 1.58. The van der Waals surface area contributed by atoms with Gasteiger partial charge in [-0.25, -0.2) is 8.78 Å². The summed E-state index contributed by atoms with van der Waals surface area (Å²) in [5.74, 6) is -2.04. The molecular formula is C12H15F2NO. The Morgan fingerprint density at radius 3 is 2.31 bits per heavy atom.